The molecule has 0 spiro atoms. The first-order valence-corrected chi connectivity index (χ1v) is 8.11. The number of nitrogens with one attached hydrogen (secondary N) is 1. The van der Waals surface area contributed by atoms with E-state index in [1.807, 2.05) is 6.92 Å². The summed E-state index contributed by atoms with van der Waals surface area (Å²) in [4.78, 5) is 27.3. The number of unbranched alkanes of at least 4 members (excludes halogenated alkanes) is 2. The van der Waals surface area contributed by atoms with E-state index >= 15 is 0 Å². The highest BCUT2D eigenvalue weighted by molar-refractivity contribution is 5.83. The first-order chi connectivity index (χ1) is 11.9. The Morgan fingerprint density at radius 2 is 2.36 bits per heavy atom. The molecule has 1 aliphatic heterocycles. The highest BCUT2D eigenvalue weighted by Gasteiger charge is 2.40. The van der Waals surface area contributed by atoms with Crippen LogP contribution in [0.15, 0.2) is 17.1 Å². The largest absolute Gasteiger partial charge is 0.449 e. The van der Waals surface area contributed by atoms with Gasteiger partial charge in [0, 0.05) is 12.6 Å². The monoisotopic (exact) mass is 359 g/mol. The summed E-state index contributed by atoms with van der Waals surface area (Å²) in [5.74, 6) is 0.00219. The molecule has 0 bridgehead atoms. The third-order valence-electron chi connectivity index (χ3n) is 3.76. The number of rotatable bonds is 7. The van der Waals surface area contributed by atoms with E-state index in [-0.39, 0.29) is 18.8 Å². The van der Waals surface area contributed by atoms with Crippen LogP contribution in [0.5, 0.6) is 0 Å². The van der Waals surface area contributed by atoms with Crippen LogP contribution in [0.3, 0.4) is 0 Å². The van der Waals surface area contributed by atoms with Gasteiger partial charge >= 0.3 is 11.8 Å². The van der Waals surface area contributed by atoms with Gasteiger partial charge in [-0.05, 0) is 12.5 Å². The quantitative estimate of drug-likeness (QED) is 0.619. The summed E-state index contributed by atoms with van der Waals surface area (Å²) in [5, 5.41) is 20.9. The van der Waals surface area contributed by atoms with Crippen molar-refractivity contribution in [2.45, 2.75) is 57.4 Å². The molecule has 9 nitrogen and oxygen atoms in total. The van der Waals surface area contributed by atoms with Crippen molar-refractivity contribution in [3.8, 4) is 0 Å². The zero-order valence-corrected chi connectivity index (χ0v) is 13.8. The zero-order valence-electron chi connectivity index (χ0n) is 13.8. The molecule has 1 aromatic heterocycles. The van der Waals surface area contributed by atoms with Gasteiger partial charge in [0.05, 0.1) is 12.7 Å². The highest BCUT2D eigenvalue weighted by Crippen LogP contribution is 2.29. The molecule has 140 valence electrons. The van der Waals surface area contributed by atoms with Crippen molar-refractivity contribution in [3.63, 3.8) is 0 Å². The van der Waals surface area contributed by atoms with Crippen molar-refractivity contribution in [2.75, 3.05) is 11.9 Å². The SMILES string of the molecule is CCCCCOC(=O)Nc1ccn([C@H]2C[C@H](O)[C@@H]([C@@H](O)F)O2)c(=O)n1. The van der Waals surface area contributed by atoms with Crippen molar-refractivity contribution < 1.29 is 28.9 Å². The molecule has 1 aliphatic rings. The molecule has 3 N–H and O–H groups in total. The molecular formula is C15H22FN3O6. The van der Waals surface area contributed by atoms with Gasteiger partial charge in [-0.3, -0.25) is 9.88 Å². The summed E-state index contributed by atoms with van der Waals surface area (Å²) >= 11 is 0. The fourth-order valence-corrected chi connectivity index (χ4v) is 2.45. The van der Waals surface area contributed by atoms with Crippen molar-refractivity contribution in [1.82, 2.24) is 9.55 Å². The molecule has 1 saturated heterocycles. The second-order valence-electron chi connectivity index (χ2n) is 5.70. The van der Waals surface area contributed by atoms with E-state index in [1.54, 1.807) is 0 Å². The Balaban J connectivity index is 1.95. The number of carbonyl (C=O) groups is 1. The van der Waals surface area contributed by atoms with Crippen LogP contribution in [0.1, 0.15) is 38.8 Å². The molecule has 1 amide bonds. The molecule has 1 fully saturated rings. The number of ether oxygens (including phenoxy) is 2. The van der Waals surface area contributed by atoms with E-state index in [1.165, 1.54) is 12.3 Å². The summed E-state index contributed by atoms with van der Waals surface area (Å²) in [6.07, 6.45) is -2.76. The second kappa shape index (κ2) is 8.88. The fourth-order valence-electron chi connectivity index (χ4n) is 2.45. The van der Waals surface area contributed by atoms with Crippen molar-refractivity contribution in [1.29, 1.82) is 0 Å². The maximum absolute atomic E-state index is 12.9. The maximum atomic E-state index is 12.9. The van der Waals surface area contributed by atoms with Gasteiger partial charge in [0.25, 0.3) is 0 Å². The van der Waals surface area contributed by atoms with Gasteiger partial charge in [-0.2, -0.15) is 4.98 Å². The number of alkyl halides is 1. The lowest BCUT2D eigenvalue weighted by atomic mass is 10.2. The Bertz CT molecular complexity index is 638. The number of aliphatic hydroxyl groups excluding tert-OH is 2. The standard InChI is InChI=1S/C15H22FN3O6/c1-2-3-4-7-24-15(23)18-10-5-6-19(14(22)17-10)11-8-9(20)12(25-11)13(16)21/h5-6,9,11-13,20-21H,2-4,7-8H2,1H3,(H,17,18,22,23)/t9-,11+,12-,13+/m0/s1. The van der Waals surface area contributed by atoms with Crippen molar-refractivity contribution in [2.24, 2.45) is 0 Å². The van der Waals surface area contributed by atoms with Crippen LogP contribution >= 0.6 is 0 Å². The molecule has 0 saturated carbocycles. The molecule has 10 heteroatoms. The Morgan fingerprint density at radius 3 is 2.96 bits per heavy atom. The van der Waals surface area contributed by atoms with Gasteiger partial charge in [-0.15, -0.1) is 0 Å². The van der Waals surface area contributed by atoms with Gasteiger partial charge in [0.1, 0.15) is 18.1 Å². The molecule has 0 aliphatic carbocycles. The number of aliphatic hydroxyl groups is 2. The average Bonchev–Trinajstić information content (AvgIpc) is 2.93. The molecular weight excluding hydrogens is 337 g/mol. The lowest BCUT2D eigenvalue weighted by molar-refractivity contribution is -0.130. The van der Waals surface area contributed by atoms with Crippen LogP contribution in [0.25, 0.3) is 0 Å². The van der Waals surface area contributed by atoms with Crippen molar-refractivity contribution >= 4 is 11.9 Å². The van der Waals surface area contributed by atoms with Gasteiger partial charge in [-0.25, -0.2) is 14.0 Å². The van der Waals surface area contributed by atoms with Crippen LogP contribution in [0.4, 0.5) is 15.0 Å². The van der Waals surface area contributed by atoms with Crippen LogP contribution in [0.2, 0.25) is 0 Å². The molecule has 1 aromatic rings. The number of amides is 1. The Hall–Kier alpha value is -2.04. The van der Waals surface area contributed by atoms with Gasteiger partial charge < -0.3 is 19.7 Å². The summed E-state index contributed by atoms with van der Waals surface area (Å²) in [5.41, 5.74) is -0.755. The number of hydrogen-bond acceptors (Lipinski definition) is 7. The van der Waals surface area contributed by atoms with Crippen LogP contribution in [-0.2, 0) is 9.47 Å². The molecule has 0 aromatic carbocycles. The summed E-state index contributed by atoms with van der Waals surface area (Å²) < 4.78 is 24.0. The third-order valence-corrected chi connectivity index (χ3v) is 3.76. The predicted molar refractivity (Wildman–Crippen MR) is 84.6 cm³/mol. The molecule has 2 rings (SSSR count). The second-order valence-corrected chi connectivity index (χ2v) is 5.70. The highest BCUT2D eigenvalue weighted by atomic mass is 19.1. The topological polar surface area (TPSA) is 123 Å². The van der Waals surface area contributed by atoms with E-state index in [0.717, 1.165) is 23.8 Å². The molecule has 25 heavy (non-hydrogen) atoms. The third kappa shape index (κ3) is 5.21. The van der Waals surface area contributed by atoms with Crippen LogP contribution < -0.4 is 11.0 Å². The Labute approximate surface area is 143 Å². The molecule has 0 radical (unpaired) electrons. The fraction of sp³-hybridized carbons (Fsp3) is 0.667. The van der Waals surface area contributed by atoms with Crippen LogP contribution in [-0.4, -0.2) is 51.0 Å². The Kier molecular flexibility index (Phi) is 6.85. The summed E-state index contributed by atoms with van der Waals surface area (Å²) in [7, 11) is 0. The lowest BCUT2D eigenvalue weighted by Gasteiger charge is -2.16. The van der Waals surface area contributed by atoms with E-state index < -0.39 is 36.6 Å². The number of aromatic nitrogens is 2. The summed E-state index contributed by atoms with van der Waals surface area (Å²) in [6, 6.07) is 1.35. The maximum Gasteiger partial charge on any atom is 0.412 e. The van der Waals surface area contributed by atoms with Crippen molar-refractivity contribution in [3.05, 3.63) is 22.7 Å². The van der Waals surface area contributed by atoms with Crippen LogP contribution in [0, 0.1) is 0 Å². The average molecular weight is 359 g/mol. The number of carbonyl (C=O) groups excluding carboxylic acids is 1. The van der Waals surface area contributed by atoms with E-state index in [9.17, 15) is 19.1 Å². The number of hydrogen-bond donors (Lipinski definition) is 3. The minimum absolute atomic E-state index is 0.00219. The minimum atomic E-state index is -2.35. The molecule has 4 atom stereocenters. The first-order valence-electron chi connectivity index (χ1n) is 8.11. The number of anilines is 1. The first kappa shape index (κ1) is 19.3. The minimum Gasteiger partial charge on any atom is -0.449 e. The zero-order chi connectivity index (χ0) is 18.4. The smallest absolute Gasteiger partial charge is 0.412 e. The molecule has 2 heterocycles. The predicted octanol–water partition coefficient (Wildman–Crippen LogP) is 0.918. The normalized spacial score (nSPS) is 24.1. The van der Waals surface area contributed by atoms with Gasteiger partial charge in [0.2, 0.25) is 6.36 Å². The van der Waals surface area contributed by atoms with E-state index in [0.29, 0.717) is 0 Å². The van der Waals surface area contributed by atoms with Gasteiger partial charge in [0.15, 0.2) is 0 Å². The lowest BCUT2D eigenvalue weighted by Crippen LogP contribution is -2.32. The summed E-state index contributed by atoms with van der Waals surface area (Å²) in [6.45, 7) is 2.31. The number of halogens is 1. The Morgan fingerprint density at radius 1 is 1.60 bits per heavy atom. The van der Waals surface area contributed by atoms with E-state index in [4.69, 9.17) is 14.6 Å². The van der Waals surface area contributed by atoms with Gasteiger partial charge in [-0.1, -0.05) is 19.8 Å². The molecule has 0 unspecified atom stereocenters. The number of nitrogens with zero attached hydrogens (tertiary/aromatic N) is 2. The van der Waals surface area contributed by atoms with E-state index in [2.05, 4.69) is 10.3 Å².